The number of benzene rings is 1. The van der Waals surface area contributed by atoms with Gasteiger partial charge in [-0.2, -0.15) is 0 Å². The van der Waals surface area contributed by atoms with E-state index in [1.54, 1.807) is 0 Å². The van der Waals surface area contributed by atoms with E-state index >= 15 is 0 Å². The topological polar surface area (TPSA) is 60.6 Å². The lowest BCUT2D eigenvalue weighted by Crippen LogP contribution is -2.36. The highest BCUT2D eigenvalue weighted by Gasteiger charge is 2.15. The number of nitrogens with zero attached hydrogens (tertiary/aromatic N) is 3. The summed E-state index contributed by atoms with van der Waals surface area (Å²) in [5, 5.41) is 1.23. The second-order valence-corrected chi connectivity index (χ2v) is 6.61. The lowest BCUT2D eigenvalue weighted by Gasteiger charge is -2.30. The normalized spacial score (nSPS) is 15.2. The van der Waals surface area contributed by atoms with E-state index in [1.165, 1.54) is 36.0 Å². The fourth-order valence-corrected chi connectivity index (χ4v) is 3.47. The van der Waals surface area contributed by atoms with Gasteiger partial charge in [-0.05, 0) is 50.2 Å². The maximum absolute atomic E-state index is 4.43. The standard InChI is InChI=1S/C19H19N5/c1-12-21-18-15(5-6-20-19(18)22-12)17-10-14-4-3-13(9-16(14)23-17)11-24-7-2-8-24/h3-6,9-10,23H,2,7-8,11H2,1H3,(H,20,21,22). The highest BCUT2D eigenvalue weighted by atomic mass is 15.2. The molecule has 0 radical (unpaired) electrons. The van der Waals surface area contributed by atoms with E-state index in [2.05, 4.69) is 49.1 Å². The summed E-state index contributed by atoms with van der Waals surface area (Å²) in [7, 11) is 0. The Morgan fingerprint density at radius 1 is 1.12 bits per heavy atom. The lowest BCUT2D eigenvalue weighted by atomic mass is 10.1. The average molecular weight is 317 g/mol. The first-order valence-electron chi connectivity index (χ1n) is 8.42. The minimum Gasteiger partial charge on any atom is -0.354 e. The van der Waals surface area contributed by atoms with Crippen LogP contribution in [-0.2, 0) is 6.54 Å². The van der Waals surface area contributed by atoms with E-state index in [-0.39, 0.29) is 0 Å². The molecular formula is C19H19N5. The van der Waals surface area contributed by atoms with Crippen LogP contribution in [0.5, 0.6) is 0 Å². The second-order valence-electron chi connectivity index (χ2n) is 6.61. The number of H-pyrrole nitrogens is 2. The van der Waals surface area contributed by atoms with Crippen molar-refractivity contribution in [1.82, 2.24) is 24.8 Å². The van der Waals surface area contributed by atoms with Crippen LogP contribution >= 0.6 is 0 Å². The predicted molar refractivity (Wildman–Crippen MR) is 95.8 cm³/mol. The quantitative estimate of drug-likeness (QED) is 0.607. The molecule has 0 saturated carbocycles. The second kappa shape index (κ2) is 5.18. The van der Waals surface area contributed by atoms with E-state index in [9.17, 15) is 0 Å². The molecule has 5 rings (SSSR count). The van der Waals surface area contributed by atoms with Crippen LogP contribution in [0, 0.1) is 6.92 Å². The fourth-order valence-electron chi connectivity index (χ4n) is 3.47. The van der Waals surface area contributed by atoms with Gasteiger partial charge < -0.3 is 9.97 Å². The Morgan fingerprint density at radius 3 is 2.88 bits per heavy atom. The van der Waals surface area contributed by atoms with Gasteiger partial charge in [-0.1, -0.05) is 12.1 Å². The van der Waals surface area contributed by atoms with Gasteiger partial charge in [0.2, 0.25) is 0 Å². The molecule has 5 heteroatoms. The molecule has 0 spiro atoms. The van der Waals surface area contributed by atoms with Crippen LogP contribution in [0.25, 0.3) is 33.3 Å². The number of pyridine rings is 1. The summed E-state index contributed by atoms with van der Waals surface area (Å²) in [5.41, 5.74) is 6.52. The number of aryl methyl sites for hydroxylation is 1. The Kier molecular flexibility index (Phi) is 2.97. The number of rotatable bonds is 3. The van der Waals surface area contributed by atoms with Gasteiger partial charge in [-0.15, -0.1) is 0 Å². The fraction of sp³-hybridized carbons (Fsp3) is 0.263. The maximum atomic E-state index is 4.43. The molecule has 4 heterocycles. The molecule has 0 amide bonds. The number of aromatic nitrogens is 4. The van der Waals surface area contributed by atoms with Crippen molar-refractivity contribution in [3.8, 4) is 11.3 Å². The summed E-state index contributed by atoms with van der Waals surface area (Å²) in [6.45, 7) is 5.45. The minimum absolute atomic E-state index is 0.766. The molecule has 24 heavy (non-hydrogen) atoms. The molecule has 1 aliphatic rings. The Hall–Kier alpha value is -2.66. The van der Waals surface area contributed by atoms with Gasteiger partial charge in [-0.3, -0.25) is 4.90 Å². The minimum atomic E-state index is 0.766. The first-order chi connectivity index (χ1) is 11.8. The molecule has 1 saturated heterocycles. The van der Waals surface area contributed by atoms with Crippen LogP contribution in [0.15, 0.2) is 36.5 Å². The number of aromatic amines is 2. The van der Waals surface area contributed by atoms with Crippen LogP contribution in [0.1, 0.15) is 17.8 Å². The molecule has 1 aliphatic heterocycles. The number of hydrogen-bond acceptors (Lipinski definition) is 3. The van der Waals surface area contributed by atoms with Gasteiger partial charge in [0.25, 0.3) is 0 Å². The van der Waals surface area contributed by atoms with Gasteiger partial charge in [0, 0.05) is 34.9 Å². The molecule has 1 aromatic carbocycles. The van der Waals surface area contributed by atoms with E-state index in [0.717, 1.165) is 34.8 Å². The smallest absolute Gasteiger partial charge is 0.178 e. The van der Waals surface area contributed by atoms with Gasteiger partial charge in [0.1, 0.15) is 5.82 Å². The summed E-state index contributed by atoms with van der Waals surface area (Å²) in [5.74, 6) is 0.887. The zero-order chi connectivity index (χ0) is 16.1. The molecule has 0 bridgehead atoms. The Balaban J connectivity index is 1.58. The SMILES string of the molecule is Cc1nc2nccc(-c3cc4ccc(CN5CCC5)cc4[nH]3)c2[nH]1. The summed E-state index contributed by atoms with van der Waals surface area (Å²) in [6, 6.07) is 11.0. The summed E-state index contributed by atoms with van der Waals surface area (Å²) < 4.78 is 0. The van der Waals surface area contributed by atoms with Gasteiger partial charge in [-0.25, -0.2) is 9.97 Å². The first kappa shape index (κ1) is 13.7. The van der Waals surface area contributed by atoms with Crippen molar-refractivity contribution >= 4 is 22.1 Å². The Labute approximate surface area is 139 Å². The van der Waals surface area contributed by atoms with Gasteiger partial charge >= 0.3 is 0 Å². The molecule has 120 valence electrons. The Bertz CT molecular complexity index is 1040. The monoisotopic (exact) mass is 317 g/mol. The third kappa shape index (κ3) is 2.20. The first-order valence-corrected chi connectivity index (χ1v) is 8.42. The lowest BCUT2D eigenvalue weighted by molar-refractivity contribution is 0.172. The molecule has 2 N–H and O–H groups in total. The van der Waals surface area contributed by atoms with Crippen molar-refractivity contribution in [2.45, 2.75) is 19.9 Å². The largest absolute Gasteiger partial charge is 0.354 e. The molecule has 4 aromatic rings. The van der Waals surface area contributed by atoms with Crippen molar-refractivity contribution in [2.75, 3.05) is 13.1 Å². The van der Waals surface area contributed by atoms with Crippen LogP contribution in [0.3, 0.4) is 0 Å². The van der Waals surface area contributed by atoms with Crippen LogP contribution in [0.2, 0.25) is 0 Å². The Morgan fingerprint density at radius 2 is 2.04 bits per heavy atom. The third-order valence-electron chi connectivity index (χ3n) is 4.84. The van der Waals surface area contributed by atoms with Crippen molar-refractivity contribution in [1.29, 1.82) is 0 Å². The molecule has 3 aromatic heterocycles. The predicted octanol–water partition coefficient (Wildman–Crippen LogP) is 3.62. The third-order valence-corrected chi connectivity index (χ3v) is 4.84. The van der Waals surface area contributed by atoms with Crippen LogP contribution in [-0.4, -0.2) is 37.9 Å². The van der Waals surface area contributed by atoms with E-state index in [1.807, 2.05) is 19.2 Å². The number of fused-ring (bicyclic) bond motifs is 2. The molecule has 0 atom stereocenters. The zero-order valence-corrected chi connectivity index (χ0v) is 13.6. The molecule has 0 unspecified atom stereocenters. The summed E-state index contributed by atoms with van der Waals surface area (Å²) in [4.78, 5) is 18.1. The number of hydrogen-bond donors (Lipinski definition) is 2. The van der Waals surface area contributed by atoms with Crippen LogP contribution in [0.4, 0.5) is 0 Å². The van der Waals surface area contributed by atoms with Gasteiger partial charge in [0.15, 0.2) is 5.65 Å². The number of likely N-dealkylation sites (tertiary alicyclic amines) is 1. The van der Waals surface area contributed by atoms with Crippen molar-refractivity contribution in [3.63, 3.8) is 0 Å². The van der Waals surface area contributed by atoms with E-state index in [4.69, 9.17) is 0 Å². The molecular weight excluding hydrogens is 298 g/mol. The molecule has 1 fully saturated rings. The molecule has 0 aliphatic carbocycles. The number of nitrogens with one attached hydrogen (secondary N) is 2. The van der Waals surface area contributed by atoms with Crippen molar-refractivity contribution in [3.05, 3.63) is 47.9 Å². The van der Waals surface area contributed by atoms with Crippen molar-refractivity contribution in [2.24, 2.45) is 0 Å². The van der Waals surface area contributed by atoms with Crippen molar-refractivity contribution < 1.29 is 0 Å². The summed E-state index contributed by atoms with van der Waals surface area (Å²) >= 11 is 0. The van der Waals surface area contributed by atoms with Gasteiger partial charge in [0.05, 0.1) is 5.52 Å². The van der Waals surface area contributed by atoms with E-state index < -0.39 is 0 Å². The zero-order valence-electron chi connectivity index (χ0n) is 13.6. The average Bonchev–Trinajstić information content (AvgIpc) is 3.12. The number of imidazole rings is 1. The van der Waals surface area contributed by atoms with E-state index in [0.29, 0.717) is 0 Å². The van der Waals surface area contributed by atoms with Crippen LogP contribution < -0.4 is 0 Å². The molecule has 5 nitrogen and oxygen atoms in total. The summed E-state index contributed by atoms with van der Waals surface area (Å²) in [6.07, 6.45) is 3.15. The maximum Gasteiger partial charge on any atom is 0.178 e. The highest BCUT2D eigenvalue weighted by Crippen LogP contribution is 2.29. The highest BCUT2D eigenvalue weighted by molar-refractivity contribution is 5.94.